The summed E-state index contributed by atoms with van der Waals surface area (Å²) < 4.78 is 21.3. The van der Waals surface area contributed by atoms with E-state index in [0.717, 1.165) is 36.2 Å². The Morgan fingerprint density at radius 1 is 0.500 bits per heavy atom. The molecule has 0 aromatic carbocycles. The Balaban J connectivity index is 2.89. The second-order valence-electron chi connectivity index (χ2n) is 3.54. The molecule has 20 heavy (non-hydrogen) atoms. The molecule has 0 aliphatic heterocycles. The van der Waals surface area contributed by atoms with Gasteiger partial charge in [0.1, 0.15) is 0 Å². The molecule has 0 saturated heterocycles. The Labute approximate surface area is 141 Å². The third kappa shape index (κ3) is 19.2. The van der Waals surface area contributed by atoms with E-state index >= 15 is 0 Å². The van der Waals surface area contributed by atoms with E-state index in [1.165, 1.54) is 0 Å². The largest absolute Gasteiger partial charge is 0.378 e. The molecular formula is C12H26O4S4. The molecule has 0 rings (SSSR count). The summed E-state index contributed by atoms with van der Waals surface area (Å²) in [5, 5.41) is 0. The fraction of sp³-hybridized carbons (Fsp3) is 1.00. The van der Waals surface area contributed by atoms with Gasteiger partial charge >= 0.3 is 0 Å². The molecule has 122 valence electrons. The van der Waals surface area contributed by atoms with Crippen LogP contribution in [0.2, 0.25) is 0 Å². The van der Waals surface area contributed by atoms with E-state index < -0.39 is 0 Å². The van der Waals surface area contributed by atoms with Gasteiger partial charge in [-0.2, -0.15) is 25.3 Å². The maximum Gasteiger partial charge on any atom is 0.0700 e. The Morgan fingerprint density at radius 3 is 1.20 bits per heavy atom. The van der Waals surface area contributed by atoms with Crippen LogP contribution in [0, 0.1) is 0 Å². The summed E-state index contributed by atoms with van der Waals surface area (Å²) >= 11 is 8.11. The minimum Gasteiger partial charge on any atom is -0.378 e. The maximum absolute atomic E-state index is 5.42. The topological polar surface area (TPSA) is 36.9 Å². The van der Waals surface area contributed by atoms with Gasteiger partial charge in [0.15, 0.2) is 0 Å². The quantitative estimate of drug-likeness (QED) is 0.235. The summed E-state index contributed by atoms with van der Waals surface area (Å²) in [5.41, 5.74) is 0. The fourth-order valence-corrected chi connectivity index (χ4v) is 3.06. The maximum atomic E-state index is 5.42. The van der Waals surface area contributed by atoms with Crippen molar-refractivity contribution in [3.05, 3.63) is 0 Å². The predicted molar refractivity (Wildman–Crippen MR) is 95.9 cm³/mol. The van der Waals surface area contributed by atoms with E-state index in [9.17, 15) is 0 Å². The van der Waals surface area contributed by atoms with Crippen molar-refractivity contribution in [3.63, 3.8) is 0 Å². The van der Waals surface area contributed by atoms with Crippen molar-refractivity contribution >= 4 is 46.8 Å². The summed E-state index contributed by atoms with van der Waals surface area (Å²) in [5.74, 6) is 3.50. The number of hydrogen-bond donors (Lipinski definition) is 2. The number of rotatable bonds is 17. The molecule has 0 aromatic heterocycles. The van der Waals surface area contributed by atoms with Gasteiger partial charge in [-0.15, -0.1) is 0 Å². The molecule has 0 heterocycles. The highest BCUT2D eigenvalue weighted by Gasteiger charge is 1.94. The SMILES string of the molecule is SCCOCCOCCSSCCOCCOCCS. The molecule has 0 atom stereocenters. The third-order valence-electron chi connectivity index (χ3n) is 1.92. The van der Waals surface area contributed by atoms with Gasteiger partial charge < -0.3 is 18.9 Å². The van der Waals surface area contributed by atoms with Gasteiger partial charge in [-0.25, -0.2) is 0 Å². The van der Waals surface area contributed by atoms with Gasteiger partial charge in [0.2, 0.25) is 0 Å². The van der Waals surface area contributed by atoms with Crippen molar-refractivity contribution < 1.29 is 18.9 Å². The first-order valence-electron chi connectivity index (χ1n) is 6.69. The van der Waals surface area contributed by atoms with E-state index in [1.54, 1.807) is 0 Å². The highest BCUT2D eigenvalue weighted by atomic mass is 33.1. The van der Waals surface area contributed by atoms with Gasteiger partial charge in [-0.3, -0.25) is 0 Å². The summed E-state index contributed by atoms with van der Waals surface area (Å²) in [7, 11) is 3.62. The lowest BCUT2D eigenvalue weighted by atomic mass is 10.7. The van der Waals surface area contributed by atoms with Crippen molar-refractivity contribution in [3.8, 4) is 0 Å². The number of thiol groups is 2. The Bertz CT molecular complexity index is 160. The molecule has 0 N–H and O–H groups in total. The van der Waals surface area contributed by atoms with Gasteiger partial charge in [0.05, 0.1) is 52.9 Å². The number of hydrogen-bond acceptors (Lipinski definition) is 8. The van der Waals surface area contributed by atoms with Gasteiger partial charge in [-0.1, -0.05) is 21.6 Å². The Kier molecular flexibility index (Phi) is 21.5. The smallest absolute Gasteiger partial charge is 0.0700 e. The predicted octanol–water partition coefficient (Wildman–Crippen LogP) is 2.29. The van der Waals surface area contributed by atoms with Crippen LogP contribution in [0.25, 0.3) is 0 Å². The van der Waals surface area contributed by atoms with Crippen LogP contribution >= 0.6 is 46.8 Å². The Hall–Kier alpha value is 1.24. The van der Waals surface area contributed by atoms with E-state index in [4.69, 9.17) is 18.9 Å². The molecule has 0 spiro atoms. The van der Waals surface area contributed by atoms with Crippen LogP contribution < -0.4 is 0 Å². The highest BCUT2D eigenvalue weighted by Crippen LogP contribution is 2.20. The summed E-state index contributed by atoms with van der Waals surface area (Å²) in [6.07, 6.45) is 0. The monoisotopic (exact) mass is 362 g/mol. The molecule has 4 nitrogen and oxygen atoms in total. The molecule has 0 radical (unpaired) electrons. The second kappa shape index (κ2) is 20.2. The van der Waals surface area contributed by atoms with Crippen LogP contribution in [0.5, 0.6) is 0 Å². The average molecular weight is 363 g/mol. The first-order chi connectivity index (χ1) is 9.91. The van der Waals surface area contributed by atoms with Crippen molar-refractivity contribution in [1.29, 1.82) is 0 Å². The highest BCUT2D eigenvalue weighted by molar-refractivity contribution is 8.76. The van der Waals surface area contributed by atoms with Crippen molar-refractivity contribution in [2.45, 2.75) is 0 Å². The summed E-state index contributed by atoms with van der Waals surface area (Å²) in [6.45, 7) is 5.54. The van der Waals surface area contributed by atoms with Crippen LogP contribution in [0.4, 0.5) is 0 Å². The fourth-order valence-electron chi connectivity index (χ4n) is 1.08. The van der Waals surface area contributed by atoms with Crippen LogP contribution in [0.15, 0.2) is 0 Å². The van der Waals surface area contributed by atoms with Crippen LogP contribution in [-0.4, -0.2) is 75.9 Å². The van der Waals surface area contributed by atoms with Crippen LogP contribution in [0.1, 0.15) is 0 Å². The molecular weight excluding hydrogens is 336 g/mol. The molecule has 0 aliphatic rings. The normalized spacial score (nSPS) is 11.1. The van der Waals surface area contributed by atoms with Crippen molar-refractivity contribution in [1.82, 2.24) is 0 Å². The lowest BCUT2D eigenvalue weighted by Gasteiger charge is -2.05. The lowest BCUT2D eigenvalue weighted by molar-refractivity contribution is 0.0604. The first-order valence-corrected chi connectivity index (χ1v) is 10.4. The molecule has 0 bridgehead atoms. The van der Waals surface area contributed by atoms with Crippen molar-refractivity contribution in [2.24, 2.45) is 0 Å². The average Bonchev–Trinajstić information content (AvgIpc) is 2.47. The van der Waals surface area contributed by atoms with E-state index in [-0.39, 0.29) is 0 Å². The molecule has 0 unspecified atom stereocenters. The van der Waals surface area contributed by atoms with Crippen LogP contribution in [0.3, 0.4) is 0 Å². The summed E-state index contributed by atoms with van der Waals surface area (Å²) in [4.78, 5) is 0. The number of ether oxygens (including phenoxy) is 4. The standard InChI is InChI=1S/C12H26O4S4/c17-9-5-13-1-3-15-7-11-19-20-12-8-16-4-2-14-6-10-18/h17-18H,1-12H2. The zero-order valence-electron chi connectivity index (χ0n) is 11.8. The third-order valence-corrected chi connectivity index (χ3v) is 4.62. The molecule has 0 saturated carbocycles. The molecule has 0 fully saturated rings. The molecule has 8 heteroatoms. The minimum atomic E-state index is 0.654. The lowest BCUT2D eigenvalue weighted by Crippen LogP contribution is -2.08. The second-order valence-corrected chi connectivity index (χ2v) is 7.14. The van der Waals surface area contributed by atoms with Crippen molar-refractivity contribution in [2.75, 3.05) is 75.9 Å². The van der Waals surface area contributed by atoms with Crippen LogP contribution in [-0.2, 0) is 18.9 Å². The molecule has 0 aromatic rings. The van der Waals surface area contributed by atoms with Gasteiger partial charge in [-0.05, 0) is 0 Å². The zero-order chi connectivity index (χ0) is 14.7. The molecule has 0 aliphatic carbocycles. The van der Waals surface area contributed by atoms with E-state index in [2.05, 4.69) is 25.3 Å². The minimum absolute atomic E-state index is 0.654. The van der Waals surface area contributed by atoms with Gasteiger partial charge in [0.25, 0.3) is 0 Å². The first kappa shape index (κ1) is 21.2. The van der Waals surface area contributed by atoms with E-state index in [0.29, 0.717) is 39.6 Å². The van der Waals surface area contributed by atoms with Gasteiger partial charge in [0, 0.05) is 23.0 Å². The summed E-state index contributed by atoms with van der Waals surface area (Å²) in [6, 6.07) is 0. The Morgan fingerprint density at radius 2 is 0.850 bits per heavy atom. The van der Waals surface area contributed by atoms with E-state index in [1.807, 2.05) is 21.6 Å². The zero-order valence-corrected chi connectivity index (χ0v) is 15.3. The molecule has 0 amide bonds.